The van der Waals surface area contributed by atoms with E-state index in [0.717, 1.165) is 44.9 Å². The number of rotatable bonds is 6. The van der Waals surface area contributed by atoms with Crippen LogP contribution in [0.2, 0.25) is 0 Å². The van der Waals surface area contributed by atoms with Crippen LogP contribution in [0.15, 0.2) is 0 Å². The van der Waals surface area contributed by atoms with E-state index in [9.17, 15) is 4.79 Å². The zero-order valence-corrected chi connectivity index (χ0v) is 16.0. The molecule has 4 atom stereocenters. The molecule has 0 aromatic rings. The predicted molar refractivity (Wildman–Crippen MR) is 98.8 cm³/mol. The quantitative estimate of drug-likeness (QED) is 0.705. The summed E-state index contributed by atoms with van der Waals surface area (Å²) >= 11 is 0. The highest BCUT2D eigenvalue weighted by atomic mass is 16.5. The molecule has 1 aliphatic carbocycles. The summed E-state index contributed by atoms with van der Waals surface area (Å²) in [7, 11) is 0. The summed E-state index contributed by atoms with van der Waals surface area (Å²) in [6, 6.07) is 0. The zero-order chi connectivity index (χ0) is 18.6. The molecule has 4 fully saturated rings. The van der Waals surface area contributed by atoms with Gasteiger partial charge >= 0.3 is 0 Å². The number of hydrogen-bond donors (Lipinski definition) is 2. The van der Waals surface area contributed by atoms with Crippen LogP contribution in [-0.2, 0) is 14.3 Å². The monoisotopic (exact) mass is 366 g/mol. The van der Waals surface area contributed by atoms with Crippen molar-refractivity contribution >= 4 is 12.4 Å². The van der Waals surface area contributed by atoms with Crippen molar-refractivity contribution in [2.24, 2.45) is 17.8 Å². The molecule has 0 radical (unpaired) electrons. The van der Waals surface area contributed by atoms with Crippen LogP contribution >= 0.6 is 0 Å². The van der Waals surface area contributed by atoms with E-state index in [1.807, 2.05) is 0 Å². The van der Waals surface area contributed by atoms with Gasteiger partial charge in [0.05, 0.1) is 11.7 Å². The maximum Gasteiger partial charge on any atom is 0.290 e. The SMILES string of the molecule is CCN1C[C@@H]2[C@H](CNC(=O)CCC3CCCC3)[C@H]3CC[C@]2(C1)O3.O=CO. The number of carbonyl (C=O) groups excluding carboxylic acids is 1. The Morgan fingerprint density at radius 2 is 2.08 bits per heavy atom. The maximum absolute atomic E-state index is 12.2. The summed E-state index contributed by atoms with van der Waals surface area (Å²) in [6.07, 6.45) is 10.0. The predicted octanol–water partition coefficient (Wildman–Crippen LogP) is 2.27. The molecule has 3 saturated heterocycles. The van der Waals surface area contributed by atoms with Crippen LogP contribution in [0, 0.1) is 17.8 Å². The fourth-order valence-electron chi connectivity index (χ4n) is 5.75. The normalized spacial score (nSPS) is 35.8. The smallest absolute Gasteiger partial charge is 0.290 e. The molecule has 6 heteroatoms. The van der Waals surface area contributed by atoms with Gasteiger partial charge in [-0.1, -0.05) is 32.6 Å². The van der Waals surface area contributed by atoms with Gasteiger partial charge in [-0.25, -0.2) is 0 Å². The van der Waals surface area contributed by atoms with Gasteiger partial charge in [0.25, 0.3) is 6.47 Å². The first-order valence-corrected chi connectivity index (χ1v) is 10.4. The van der Waals surface area contributed by atoms with Crippen molar-refractivity contribution in [3.05, 3.63) is 0 Å². The molecule has 1 amide bonds. The Morgan fingerprint density at radius 3 is 2.77 bits per heavy atom. The van der Waals surface area contributed by atoms with Crippen LogP contribution in [0.3, 0.4) is 0 Å². The summed E-state index contributed by atoms with van der Waals surface area (Å²) < 4.78 is 6.41. The summed E-state index contributed by atoms with van der Waals surface area (Å²) in [5.41, 5.74) is 0.125. The first-order chi connectivity index (χ1) is 12.6. The van der Waals surface area contributed by atoms with Crippen molar-refractivity contribution < 1.29 is 19.4 Å². The minimum atomic E-state index is -0.250. The van der Waals surface area contributed by atoms with Gasteiger partial charge in [-0.2, -0.15) is 0 Å². The summed E-state index contributed by atoms with van der Waals surface area (Å²) in [5, 5.41) is 10.1. The van der Waals surface area contributed by atoms with Gasteiger partial charge in [0.15, 0.2) is 0 Å². The van der Waals surface area contributed by atoms with E-state index in [0.29, 0.717) is 17.9 Å². The Kier molecular flexibility index (Phi) is 6.56. The molecule has 2 bridgehead atoms. The third-order valence-electron chi connectivity index (χ3n) is 7.09. The zero-order valence-electron chi connectivity index (χ0n) is 16.0. The van der Waals surface area contributed by atoms with E-state index in [-0.39, 0.29) is 18.0 Å². The highest BCUT2D eigenvalue weighted by molar-refractivity contribution is 5.75. The van der Waals surface area contributed by atoms with E-state index in [4.69, 9.17) is 14.6 Å². The van der Waals surface area contributed by atoms with Crippen LogP contribution in [0.1, 0.15) is 58.3 Å². The molecule has 4 aliphatic rings. The van der Waals surface area contributed by atoms with Crippen LogP contribution in [0.25, 0.3) is 0 Å². The van der Waals surface area contributed by atoms with E-state index >= 15 is 0 Å². The van der Waals surface area contributed by atoms with Gasteiger partial charge in [-0.3, -0.25) is 9.59 Å². The molecule has 0 aromatic heterocycles. The number of likely N-dealkylation sites (N-methyl/N-ethyl adjacent to an activating group) is 1. The topological polar surface area (TPSA) is 78.9 Å². The number of amides is 1. The number of likely N-dealkylation sites (tertiary alicyclic amines) is 1. The summed E-state index contributed by atoms with van der Waals surface area (Å²) in [6.45, 7) is 6.21. The van der Waals surface area contributed by atoms with E-state index in [2.05, 4.69) is 17.1 Å². The van der Waals surface area contributed by atoms with E-state index in [1.54, 1.807) is 0 Å². The van der Waals surface area contributed by atoms with Gasteiger partial charge in [0, 0.05) is 37.9 Å². The lowest BCUT2D eigenvalue weighted by Crippen LogP contribution is -2.41. The maximum atomic E-state index is 12.2. The molecule has 3 heterocycles. The fourth-order valence-corrected chi connectivity index (χ4v) is 5.75. The molecule has 4 rings (SSSR count). The number of fused-ring (bicyclic) bond motifs is 1. The molecule has 2 N–H and O–H groups in total. The molecule has 0 unspecified atom stereocenters. The van der Waals surface area contributed by atoms with Gasteiger partial charge in [-0.15, -0.1) is 0 Å². The van der Waals surface area contributed by atoms with E-state index in [1.165, 1.54) is 38.5 Å². The number of ether oxygens (including phenoxy) is 1. The molecular weight excluding hydrogens is 332 g/mol. The Labute approximate surface area is 156 Å². The van der Waals surface area contributed by atoms with Crippen LogP contribution in [-0.4, -0.2) is 60.3 Å². The van der Waals surface area contributed by atoms with Crippen LogP contribution in [0.5, 0.6) is 0 Å². The first kappa shape index (κ1) is 19.6. The number of nitrogens with zero attached hydrogens (tertiary/aromatic N) is 1. The largest absolute Gasteiger partial charge is 0.483 e. The van der Waals surface area contributed by atoms with Gasteiger partial charge in [0.2, 0.25) is 5.91 Å². The van der Waals surface area contributed by atoms with Crippen molar-refractivity contribution in [1.82, 2.24) is 10.2 Å². The van der Waals surface area contributed by atoms with Crippen LogP contribution in [0.4, 0.5) is 0 Å². The second-order valence-corrected chi connectivity index (χ2v) is 8.46. The average molecular weight is 367 g/mol. The average Bonchev–Trinajstić information content (AvgIpc) is 3.39. The van der Waals surface area contributed by atoms with Crippen molar-refractivity contribution in [2.75, 3.05) is 26.2 Å². The summed E-state index contributed by atoms with van der Waals surface area (Å²) in [5.74, 6) is 2.24. The highest BCUT2D eigenvalue weighted by Gasteiger charge is 2.62. The van der Waals surface area contributed by atoms with Crippen molar-refractivity contribution in [1.29, 1.82) is 0 Å². The second-order valence-electron chi connectivity index (χ2n) is 8.46. The lowest BCUT2D eigenvalue weighted by Gasteiger charge is -2.29. The number of carbonyl (C=O) groups is 2. The molecular formula is C20H34N2O4. The molecule has 1 saturated carbocycles. The molecule has 0 aromatic carbocycles. The van der Waals surface area contributed by atoms with E-state index < -0.39 is 0 Å². The second kappa shape index (κ2) is 8.70. The van der Waals surface area contributed by atoms with Crippen molar-refractivity contribution in [3.63, 3.8) is 0 Å². The summed E-state index contributed by atoms with van der Waals surface area (Å²) in [4.78, 5) is 23.1. The lowest BCUT2D eigenvalue weighted by atomic mass is 9.73. The fraction of sp³-hybridized carbons (Fsp3) is 0.900. The van der Waals surface area contributed by atoms with Gasteiger partial charge < -0.3 is 20.1 Å². The third-order valence-corrected chi connectivity index (χ3v) is 7.09. The molecule has 148 valence electrons. The van der Waals surface area contributed by atoms with Gasteiger partial charge in [0.1, 0.15) is 0 Å². The number of carboxylic acid groups (broad SMARTS) is 1. The van der Waals surface area contributed by atoms with Crippen LogP contribution < -0.4 is 5.32 Å². The number of nitrogens with one attached hydrogen (secondary N) is 1. The number of hydrogen-bond acceptors (Lipinski definition) is 4. The third kappa shape index (κ3) is 4.06. The minimum absolute atomic E-state index is 0.125. The Balaban J connectivity index is 0.000000613. The highest BCUT2D eigenvalue weighted by Crippen LogP contribution is 2.54. The van der Waals surface area contributed by atoms with Crippen molar-refractivity contribution in [3.8, 4) is 0 Å². The first-order valence-electron chi connectivity index (χ1n) is 10.4. The lowest BCUT2D eigenvalue weighted by molar-refractivity contribution is -0.123. The Hall–Kier alpha value is -1.14. The molecule has 3 aliphatic heterocycles. The molecule has 6 nitrogen and oxygen atoms in total. The standard InChI is InChI=1S/C19H32N2O2.CH2O2/c1-2-21-12-16-15(17-9-10-19(16,13-21)23-17)11-20-18(22)8-7-14-5-3-4-6-14;2-1-3/h14-17H,2-13H2,1H3,(H,20,22);1H,(H,2,3)/t15-,16+,17+,19+;/m0./s1. The Morgan fingerprint density at radius 1 is 1.35 bits per heavy atom. The van der Waals surface area contributed by atoms with Crippen molar-refractivity contribution in [2.45, 2.75) is 70.0 Å². The molecule has 26 heavy (non-hydrogen) atoms. The Bertz CT molecular complexity index is 494. The molecule has 1 spiro atoms. The van der Waals surface area contributed by atoms with Gasteiger partial charge in [-0.05, 0) is 31.7 Å². The minimum Gasteiger partial charge on any atom is -0.483 e.